The molecule has 1 atom stereocenters. The monoisotopic (exact) mass is 264 g/mol. The van der Waals surface area contributed by atoms with Gasteiger partial charge in [0, 0.05) is 11.5 Å². The number of carbonyl (C=O) groups excluding carboxylic acids is 1. The van der Waals surface area contributed by atoms with E-state index < -0.39 is 0 Å². The molecular formula is C19H20O. The Bertz CT molecular complexity index is 610. The van der Waals surface area contributed by atoms with Crippen molar-refractivity contribution in [3.63, 3.8) is 0 Å². The molecule has 0 saturated heterocycles. The van der Waals surface area contributed by atoms with E-state index in [1.165, 1.54) is 16.7 Å². The molecule has 2 aromatic carbocycles. The maximum atomic E-state index is 12.5. The fourth-order valence-corrected chi connectivity index (χ4v) is 3.05. The normalized spacial score (nSPS) is 17.9. The molecule has 20 heavy (non-hydrogen) atoms. The lowest BCUT2D eigenvalue weighted by Crippen LogP contribution is -2.24. The first-order valence-electron chi connectivity index (χ1n) is 7.48. The van der Waals surface area contributed by atoms with Gasteiger partial charge in [-0.15, -0.1) is 0 Å². The first-order chi connectivity index (χ1) is 9.78. The second-order valence-corrected chi connectivity index (χ2v) is 5.63. The van der Waals surface area contributed by atoms with Crippen molar-refractivity contribution >= 4 is 5.78 Å². The van der Waals surface area contributed by atoms with E-state index in [1.54, 1.807) is 0 Å². The van der Waals surface area contributed by atoms with Gasteiger partial charge in [0.15, 0.2) is 5.78 Å². The SMILES string of the molecule is CCc1ccc(CC2CCc3ccccc3C2=O)cc1. The van der Waals surface area contributed by atoms with Gasteiger partial charge in [-0.25, -0.2) is 0 Å². The van der Waals surface area contributed by atoms with Crippen molar-refractivity contribution in [1.82, 2.24) is 0 Å². The smallest absolute Gasteiger partial charge is 0.166 e. The van der Waals surface area contributed by atoms with Gasteiger partial charge in [-0.2, -0.15) is 0 Å². The summed E-state index contributed by atoms with van der Waals surface area (Å²) in [6, 6.07) is 16.8. The van der Waals surface area contributed by atoms with Crippen LogP contribution in [0.4, 0.5) is 0 Å². The average molecular weight is 264 g/mol. The highest BCUT2D eigenvalue weighted by molar-refractivity contribution is 6.00. The van der Waals surface area contributed by atoms with Crippen LogP contribution in [0.2, 0.25) is 0 Å². The lowest BCUT2D eigenvalue weighted by molar-refractivity contribution is 0.0901. The Kier molecular flexibility index (Phi) is 3.68. The number of hydrogen-bond donors (Lipinski definition) is 0. The third-order valence-electron chi connectivity index (χ3n) is 4.33. The molecule has 1 heteroatoms. The third kappa shape index (κ3) is 2.53. The molecule has 0 N–H and O–H groups in total. The third-order valence-corrected chi connectivity index (χ3v) is 4.33. The first-order valence-corrected chi connectivity index (χ1v) is 7.48. The molecule has 1 unspecified atom stereocenters. The summed E-state index contributed by atoms with van der Waals surface area (Å²) < 4.78 is 0. The minimum Gasteiger partial charge on any atom is -0.294 e. The van der Waals surface area contributed by atoms with Crippen LogP contribution in [0.1, 0.15) is 40.4 Å². The van der Waals surface area contributed by atoms with Gasteiger partial charge >= 0.3 is 0 Å². The van der Waals surface area contributed by atoms with Crippen LogP contribution in [0.15, 0.2) is 48.5 Å². The number of carbonyl (C=O) groups is 1. The Morgan fingerprint density at radius 3 is 2.45 bits per heavy atom. The van der Waals surface area contributed by atoms with Crippen LogP contribution in [0.5, 0.6) is 0 Å². The van der Waals surface area contributed by atoms with Gasteiger partial charge in [0.1, 0.15) is 0 Å². The molecule has 0 aromatic heterocycles. The van der Waals surface area contributed by atoms with Gasteiger partial charge in [-0.3, -0.25) is 4.79 Å². The van der Waals surface area contributed by atoms with E-state index in [0.717, 1.165) is 31.2 Å². The van der Waals surface area contributed by atoms with Crippen molar-refractivity contribution in [3.8, 4) is 0 Å². The molecule has 0 heterocycles. The summed E-state index contributed by atoms with van der Waals surface area (Å²) >= 11 is 0. The van der Waals surface area contributed by atoms with Crippen molar-refractivity contribution in [2.24, 2.45) is 5.92 Å². The molecule has 102 valence electrons. The zero-order valence-corrected chi connectivity index (χ0v) is 11.9. The number of aryl methyl sites for hydroxylation is 2. The summed E-state index contributed by atoms with van der Waals surface area (Å²) in [6.45, 7) is 2.16. The van der Waals surface area contributed by atoms with Gasteiger partial charge in [0.05, 0.1) is 0 Å². The fourth-order valence-electron chi connectivity index (χ4n) is 3.05. The lowest BCUT2D eigenvalue weighted by atomic mass is 9.80. The zero-order valence-electron chi connectivity index (χ0n) is 11.9. The molecule has 0 aliphatic heterocycles. The summed E-state index contributed by atoms with van der Waals surface area (Å²) in [4.78, 5) is 12.5. The molecule has 1 aliphatic rings. The van der Waals surface area contributed by atoms with E-state index in [9.17, 15) is 4.79 Å². The van der Waals surface area contributed by atoms with Crippen LogP contribution in [-0.4, -0.2) is 5.78 Å². The lowest BCUT2D eigenvalue weighted by Gasteiger charge is -2.23. The molecule has 0 fully saturated rings. The summed E-state index contributed by atoms with van der Waals surface area (Å²) in [6.07, 6.45) is 3.94. The maximum Gasteiger partial charge on any atom is 0.166 e. The van der Waals surface area contributed by atoms with Crippen LogP contribution in [0, 0.1) is 5.92 Å². The molecule has 1 nitrogen and oxygen atoms in total. The summed E-state index contributed by atoms with van der Waals surface area (Å²) in [5.74, 6) is 0.476. The molecule has 0 radical (unpaired) electrons. The van der Waals surface area contributed by atoms with Crippen LogP contribution >= 0.6 is 0 Å². The number of rotatable bonds is 3. The number of hydrogen-bond acceptors (Lipinski definition) is 1. The van der Waals surface area contributed by atoms with Gasteiger partial charge in [0.25, 0.3) is 0 Å². The van der Waals surface area contributed by atoms with Crippen molar-refractivity contribution < 1.29 is 4.79 Å². The minimum absolute atomic E-state index is 0.150. The highest BCUT2D eigenvalue weighted by Gasteiger charge is 2.26. The fraction of sp³-hybridized carbons (Fsp3) is 0.316. The predicted molar refractivity (Wildman–Crippen MR) is 82.1 cm³/mol. The van der Waals surface area contributed by atoms with E-state index in [-0.39, 0.29) is 5.92 Å². The second-order valence-electron chi connectivity index (χ2n) is 5.63. The van der Waals surface area contributed by atoms with Crippen molar-refractivity contribution in [3.05, 3.63) is 70.8 Å². The van der Waals surface area contributed by atoms with Crippen LogP contribution < -0.4 is 0 Å². The topological polar surface area (TPSA) is 17.1 Å². The Hall–Kier alpha value is -1.89. The second kappa shape index (κ2) is 5.62. The predicted octanol–water partition coefficient (Wildman–Crippen LogP) is 4.24. The zero-order chi connectivity index (χ0) is 13.9. The van der Waals surface area contributed by atoms with Gasteiger partial charge < -0.3 is 0 Å². The molecule has 0 saturated carbocycles. The molecule has 2 aromatic rings. The molecule has 0 spiro atoms. The van der Waals surface area contributed by atoms with Gasteiger partial charge in [-0.1, -0.05) is 55.5 Å². The Balaban J connectivity index is 1.77. The van der Waals surface area contributed by atoms with E-state index in [4.69, 9.17) is 0 Å². The highest BCUT2D eigenvalue weighted by Crippen LogP contribution is 2.28. The molecular weight excluding hydrogens is 244 g/mol. The van der Waals surface area contributed by atoms with Crippen LogP contribution in [0.25, 0.3) is 0 Å². The average Bonchev–Trinajstić information content (AvgIpc) is 2.51. The highest BCUT2D eigenvalue weighted by atomic mass is 16.1. The molecule has 3 rings (SSSR count). The van der Waals surface area contributed by atoms with E-state index >= 15 is 0 Å². The van der Waals surface area contributed by atoms with Crippen molar-refractivity contribution in [2.45, 2.75) is 32.6 Å². The van der Waals surface area contributed by atoms with Crippen molar-refractivity contribution in [2.75, 3.05) is 0 Å². The van der Waals surface area contributed by atoms with Crippen LogP contribution in [0.3, 0.4) is 0 Å². The number of Topliss-reactive ketones (excluding diaryl/α,β-unsaturated/α-hetero) is 1. The Morgan fingerprint density at radius 1 is 1.00 bits per heavy atom. The van der Waals surface area contributed by atoms with E-state index in [2.05, 4.69) is 37.3 Å². The molecule has 1 aliphatic carbocycles. The Labute approximate surface area is 120 Å². The van der Waals surface area contributed by atoms with E-state index in [0.29, 0.717) is 5.78 Å². The standard InChI is InChI=1S/C19H20O/c1-2-14-7-9-15(10-8-14)13-17-12-11-16-5-3-4-6-18(16)19(17)20/h3-10,17H,2,11-13H2,1H3. The number of ketones is 1. The quantitative estimate of drug-likeness (QED) is 0.810. The minimum atomic E-state index is 0.150. The largest absolute Gasteiger partial charge is 0.294 e. The van der Waals surface area contributed by atoms with Gasteiger partial charge in [-0.05, 0) is 42.4 Å². The summed E-state index contributed by atoms with van der Waals surface area (Å²) in [7, 11) is 0. The molecule has 0 bridgehead atoms. The van der Waals surface area contributed by atoms with Gasteiger partial charge in [0.2, 0.25) is 0 Å². The van der Waals surface area contributed by atoms with Crippen molar-refractivity contribution in [1.29, 1.82) is 0 Å². The summed E-state index contributed by atoms with van der Waals surface area (Å²) in [5.41, 5.74) is 4.79. The number of fused-ring (bicyclic) bond motifs is 1. The Morgan fingerprint density at radius 2 is 1.70 bits per heavy atom. The molecule has 0 amide bonds. The van der Waals surface area contributed by atoms with E-state index in [1.807, 2.05) is 18.2 Å². The number of benzene rings is 2. The summed E-state index contributed by atoms with van der Waals surface area (Å²) in [5, 5.41) is 0. The first kappa shape index (κ1) is 13.1. The maximum absolute atomic E-state index is 12.5. The van der Waals surface area contributed by atoms with Crippen LogP contribution in [-0.2, 0) is 19.3 Å².